The van der Waals surface area contributed by atoms with Gasteiger partial charge in [-0.1, -0.05) is 11.6 Å². The number of nitrogens with zero attached hydrogens (tertiary/aromatic N) is 1. The number of nitrogen functional groups attached to an aromatic ring is 1. The lowest BCUT2D eigenvalue weighted by atomic mass is 10.1. The highest BCUT2D eigenvalue weighted by atomic mass is 35.5. The van der Waals surface area contributed by atoms with E-state index in [4.69, 9.17) is 17.3 Å². The molecule has 0 saturated carbocycles. The van der Waals surface area contributed by atoms with E-state index in [1.807, 2.05) is 0 Å². The normalized spacial score (nSPS) is 10.4. The first kappa shape index (κ1) is 10.8. The monoisotopic (exact) mass is 240 g/mol. The summed E-state index contributed by atoms with van der Waals surface area (Å²) in [6.45, 7) is 0. The second kappa shape index (κ2) is 4.06. The highest BCUT2D eigenvalue weighted by molar-refractivity contribution is 6.33. The van der Waals surface area contributed by atoms with E-state index in [0.717, 1.165) is 6.07 Å². The van der Waals surface area contributed by atoms with Crippen LogP contribution in [0.15, 0.2) is 30.6 Å². The van der Waals surface area contributed by atoms with Gasteiger partial charge in [-0.15, -0.1) is 0 Å². The fraction of sp³-hybridized carbons (Fsp3) is 0. The van der Waals surface area contributed by atoms with Gasteiger partial charge in [0.15, 0.2) is 0 Å². The zero-order valence-corrected chi connectivity index (χ0v) is 8.80. The van der Waals surface area contributed by atoms with E-state index in [2.05, 4.69) is 4.98 Å². The maximum atomic E-state index is 13.0. The van der Waals surface area contributed by atoms with Crippen LogP contribution in [0.2, 0.25) is 5.02 Å². The second-order valence-electron chi connectivity index (χ2n) is 3.24. The highest BCUT2D eigenvalue weighted by Crippen LogP contribution is 2.30. The molecule has 0 saturated heterocycles. The molecule has 0 aliphatic rings. The molecule has 82 valence electrons. The molecule has 2 aromatic rings. The van der Waals surface area contributed by atoms with Crippen LogP contribution >= 0.6 is 11.6 Å². The summed E-state index contributed by atoms with van der Waals surface area (Å²) < 4.78 is 26.0. The number of hydrogen-bond acceptors (Lipinski definition) is 2. The van der Waals surface area contributed by atoms with Crippen molar-refractivity contribution in [2.75, 3.05) is 5.73 Å². The summed E-state index contributed by atoms with van der Waals surface area (Å²) in [5.74, 6) is -1.34. The van der Waals surface area contributed by atoms with Gasteiger partial charge in [0, 0.05) is 24.0 Å². The molecule has 2 rings (SSSR count). The number of rotatable bonds is 1. The Balaban J connectivity index is 2.63. The molecule has 1 heterocycles. The quantitative estimate of drug-likeness (QED) is 0.831. The molecular weight excluding hydrogens is 234 g/mol. The highest BCUT2D eigenvalue weighted by Gasteiger charge is 2.09. The van der Waals surface area contributed by atoms with Crippen molar-refractivity contribution in [1.29, 1.82) is 0 Å². The maximum Gasteiger partial charge on any atom is 0.126 e. The molecular formula is C11H7ClF2N2. The average Bonchev–Trinajstić information content (AvgIpc) is 2.20. The summed E-state index contributed by atoms with van der Waals surface area (Å²) in [5.41, 5.74) is 6.67. The van der Waals surface area contributed by atoms with Gasteiger partial charge in [-0.3, -0.25) is 4.98 Å². The molecule has 0 spiro atoms. The molecule has 1 aromatic carbocycles. The van der Waals surface area contributed by atoms with Crippen LogP contribution in [0.3, 0.4) is 0 Å². The number of halogens is 3. The Bertz CT molecular complexity index is 523. The lowest BCUT2D eigenvalue weighted by Crippen LogP contribution is -1.93. The van der Waals surface area contributed by atoms with Gasteiger partial charge in [0.25, 0.3) is 0 Å². The molecule has 16 heavy (non-hydrogen) atoms. The van der Waals surface area contributed by atoms with Crippen molar-refractivity contribution in [1.82, 2.24) is 4.98 Å². The maximum absolute atomic E-state index is 13.0. The van der Waals surface area contributed by atoms with Crippen LogP contribution in [0.25, 0.3) is 11.1 Å². The Morgan fingerprint density at radius 1 is 1.06 bits per heavy atom. The van der Waals surface area contributed by atoms with Gasteiger partial charge in [0.2, 0.25) is 0 Å². The predicted octanol–water partition coefficient (Wildman–Crippen LogP) is 3.26. The van der Waals surface area contributed by atoms with Crippen molar-refractivity contribution < 1.29 is 8.78 Å². The minimum absolute atomic E-state index is 0.252. The third kappa shape index (κ3) is 1.97. The van der Waals surface area contributed by atoms with Gasteiger partial charge >= 0.3 is 0 Å². The fourth-order valence-electron chi connectivity index (χ4n) is 1.38. The zero-order chi connectivity index (χ0) is 11.7. The molecule has 0 amide bonds. The third-order valence-electron chi connectivity index (χ3n) is 2.11. The Kier molecular flexibility index (Phi) is 2.75. The number of nitrogens with two attached hydrogens (primary N) is 1. The van der Waals surface area contributed by atoms with E-state index in [-0.39, 0.29) is 10.7 Å². The van der Waals surface area contributed by atoms with Gasteiger partial charge < -0.3 is 5.73 Å². The molecule has 0 unspecified atom stereocenters. The standard InChI is InChI=1S/C11H7ClF2N2/c12-10-5-16-4-9(11(10)15)6-1-7(13)3-8(14)2-6/h1-5H,(H2,15,16). The van der Waals surface area contributed by atoms with Crippen molar-refractivity contribution in [3.05, 3.63) is 47.2 Å². The van der Waals surface area contributed by atoms with E-state index in [0.29, 0.717) is 11.1 Å². The Morgan fingerprint density at radius 3 is 2.31 bits per heavy atom. The van der Waals surface area contributed by atoms with Crippen LogP contribution in [0.4, 0.5) is 14.5 Å². The first-order valence-corrected chi connectivity index (χ1v) is 4.81. The summed E-state index contributed by atoms with van der Waals surface area (Å²) in [4.78, 5) is 3.82. The van der Waals surface area contributed by atoms with Crippen molar-refractivity contribution in [2.45, 2.75) is 0 Å². The molecule has 0 aliphatic heterocycles. The summed E-state index contributed by atoms with van der Waals surface area (Å²) in [5, 5.41) is 0.252. The largest absolute Gasteiger partial charge is 0.397 e. The Hall–Kier alpha value is -1.68. The van der Waals surface area contributed by atoms with Crippen molar-refractivity contribution >= 4 is 17.3 Å². The summed E-state index contributed by atoms with van der Waals surface area (Å²) in [6.07, 6.45) is 2.78. The van der Waals surface area contributed by atoms with Crippen molar-refractivity contribution in [3.63, 3.8) is 0 Å². The minimum Gasteiger partial charge on any atom is -0.397 e. The molecule has 0 radical (unpaired) electrons. The van der Waals surface area contributed by atoms with Crippen LogP contribution in [0.5, 0.6) is 0 Å². The van der Waals surface area contributed by atoms with E-state index >= 15 is 0 Å². The molecule has 5 heteroatoms. The number of benzene rings is 1. The summed E-state index contributed by atoms with van der Waals surface area (Å²) >= 11 is 5.77. The summed E-state index contributed by atoms with van der Waals surface area (Å²) in [6, 6.07) is 3.14. The van der Waals surface area contributed by atoms with Crippen LogP contribution in [0, 0.1) is 11.6 Å². The molecule has 0 aliphatic carbocycles. The SMILES string of the molecule is Nc1c(Cl)cncc1-c1cc(F)cc(F)c1. The Morgan fingerprint density at radius 2 is 1.69 bits per heavy atom. The molecule has 1 aromatic heterocycles. The van der Waals surface area contributed by atoms with E-state index in [1.54, 1.807) is 0 Å². The number of pyridine rings is 1. The summed E-state index contributed by atoms with van der Waals surface area (Å²) in [7, 11) is 0. The van der Waals surface area contributed by atoms with Crippen LogP contribution < -0.4 is 5.73 Å². The lowest BCUT2D eigenvalue weighted by Gasteiger charge is -2.06. The van der Waals surface area contributed by atoms with Gasteiger partial charge in [0.1, 0.15) is 11.6 Å². The average molecular weight is 241 g/mol. The first-order valence-electron chi connectivity index (χ1n) is 4.43. The minimum atomic E-state index is -0.672. The van der Waals surface area contributed by atoms with E-state index in [1.165, 1.54) is 24.5 Å². The number of anilines is 1. The van der Waals surface area contributed by atoms with Gasteiger partial charge in [-0.05, 0) is 17.7 Å². The number of hydrogen-bond donors (Lipinski definition) is 1. The second-order valence-corrected chi connectivity index (χ2v) is 3.65. The van der Waals surface area contributed by atoms with Crippen molar-refractivity contribution in [3.8, 4) is 11.1 Å². The van der Waals surface area contributed by atoms with Gasteiger partial charge in [-0.2, -0.15) is 0 Å². The van der Waals surface area contributed by atoms with Gasteiger partial charge in [-0.25, -0.2) is 8.78 Å². The third-order valence-corrected chi connectivity index (χ3v) is 2.41. The van der Waals surface area contributed by atoms with Crippen LogP contribution in [0.1, 0.15) is 0 Å². The molecule has 0 atom stereocenters. The van der Waals surface area contributed by atoms with E-state index < -0.39 is 11.6 Å². The van der Waals surface area contributed by atoms with Crippen LogP contribution in [-0.2, 0) is 0 Å². The van der Waals surface area contributed by atoms with Gasteiger partial charge in [0.05, 0.1) is 10.7 Å². The topological polar surface area (TPSA) is 38.9 Å². The first-order chi connectivity index (χ1) is 7.58. The van der Waals surface area contributed by atoms with Crippen LogP contribution in [-0.4, -0.2) is 4.98 Å². The molecule has 0 bridgehead atoms. The lowest BCUT2D eigenvalue weighted by molar-refractivity contribution is 0.584. The Labute approximate surface area is 95.7 Å². The smallest absolute Gasteiger partial charge is 0.126 e. The van der Waals surface area contributed by atoms with E-state index in [9.17, 15) is 8.78 Å². The molecule has 2 N–H and O–H groups in total. The molecule has 2 nitrogen and oxygen atoms in total. The zero-order valence-electron chi connectivity index (χ0n) is 8.05. The number of aromatic nitrogens is 1. The molecule has 0 fully saturated rings. The predicted molar refractivity (Wildman–Crippen MR) is 59.0 cm³/mol. The van der Waals surface area contributed by atoms with Crippen molar-refractivity contribution in [2.24, 2.45) is 0 Å². The fourth-order valence-corrected chi connectivity index (χ4v) is 1.54.